The van der Waals surface area contributed by atoms with E-state index in [1.165, 1.54) is 21.2 Å². The van der Waals surface area contributed by atoms with Crippen LogP contribution in [-0.4, -0.2) is 44.0 Å². The van der Waals surface area contributed by atoms with Crippen molar-refractivity contribution < 1.29 is 9.53 Å². The molecule has 0 aliphatic carbocycles. The van der Waals surface area contributed by atoms with E-state index < -0.39 is 0 Å². The molecule has 4 heterocycles. The van der Waals surface area contributed by atoms with Gasteiger partial charge in [0.2, 0.25) is 0 Å². The second-order valence-electron chi connectivity index (χ2n) is 11.4. The normalized spacial score (nSPS) is 16.4. The third-order valence-electron chi connectivity index (χ3n) is 8.64. The first-order valence-electron chi connectivity index (χ1n) is 14.8. The Bertz CT molecular complexity index is 1760. The van der Waals surface area contributed by atoms with Crippen LogP contribution >= 0.6 is 11.3 Å². The average Bonchev–Trinajstić information content (AvgIpc) is 3.56. The topological polar surface area (TPSA) is 99.2 Å². The maximum Gasteiger partial charge on any atom is 0.306 e. The van der Waals surface area contributed by atoms with Gasteiger partial charge in [0, 0.05) is 37.3 Å². The molecule has 2 aromatic carbocycles. The van der Waals surface area contributed by atoms with Gasteiger partial charge >= 0.3 is 5.97 Å². The lowest BCUT2D eigenvalue weighted by atomic mass is 9.84. The van der Waals surface area contributed by atoms with Crippen LogP contribution in [0.15, 0.2) is 47.8 Å². The Hall–Kier alpha value is -3.82. The van der Waals surface area contributed by atoms with Crippen LogP contribution in [0.1, 0.15) is 66.1 Å². The zero-order valence-corrected chi connectivity index (χ0v) is 25.6. The van der Waals surface area contributed by atoms with E-state index in [0.717, 1.165) is 65.9 Å². The lowest BCUT2D eigenvalue weighted by Crippen LogP contribution is -2.27. The van der Waals surface area contributed by atoms with E-state index in [-0.39, 0.29) is 18.3 Å². The average molecular weight is 583 g/mol. The quantitative estimate of drug-likeness (QED) is 0.220. The molecule has 0 saturated carbocycles. The Morgan fingerprint density at radius 3 is 2.86 bits per heavy atom. The van der Waals surface area contributed by atoms with Gasteiger partial charge in [-0.3, -0.25) is 9.69 Å². The number of nitrogens with zero attached hydrogens (tertiary/aromatic N) is 5. The number of thiophene rings is 1. The fraction of sp³-hybridized carbons (Fsp3) is 0.394. The molecule has 9 heteroatoms. The van der Waals surface area contributed by atoms with Crippen LogP contribution < -0.4 is 5.73 Å². The SMILES string of the molecule is CCOC(=O)C[C@H](c1cc(CN2Cc3nc(N)ccc3C[C@H](CC)C2)c2sccc2c1)c1ccc2c(nnn2C)c1C. The van der Waals surface area contributed by atoms with Crippen LogP contribution in [0.4, 0.5) is 5.82 Å². The molecule has 8 nitrogen and oxygen atoms in total. The first kappa shape index (κ1) is 28.3. The number of aryl methyl sites for hydroxylation is 2. The van der Waals surface area contributed by atoms with Crippen molar-refractivity contribution >= 4 is 44.2 Å². The molecule has 0 amide bonds. The van der Waals surface area contributed by atoms with Crippen LogP contribution in [0.3, 0.4) is 0 Å². The molecule has 1 aliphatic rings. The molecule has 0 unspecified atom stereocenters. The van der Waals surface area contributed by atoms with Crippen LogP contribution in [0.2, 0.25) is 0 Å². The van der Waals surface area contributed by atoms with Crippen molar-refractivity contribution in [1.82, 2.24) is 24.9 Å². The summed E-state index contributed by atoms with van der Waals surface area (Å²) in [6, 6.07) is 15.0. The van der Waals surface area contributed by atoms with E-state index in [9.17, 15) is 4.79 Å². The van der Waals surface area contributed by atoms with Gasteiger partial charge < -0.3 is 10.5 Å². The van der Waals surface area contributed by atoms with Gasteiger partial charge in [-0.1, -0.05) is 36.8 Å². The molecule has 3 aromatic heterocycles. The molecule has 6 rings (SSSR count). The summed E-state index contributed by atoms with van der Waals surface area (Å²) < 4.78 is 8.53. The van der Waals surface area contributed by atoms with Gasteiger partial charge in [-0.25, -0.2) is 9.67 Å². The summed E-state index contributed by atoms with van der Waals surface area (Å²) in [7, 11) is 1.90. The monoisotopic (exact) mass is 582 g/mol. The van der Waals surface area contributed by atoms with Crippen LogP contribution in [0.5, 0.6) is 0 Å². The Kier molecular flexibility index (Phi) is 7.96. The number of nitrogens with two attached hydrogens (primary N) is 1. The molecule has 5 aromatic rings. The molecule has 218 valence electrons. The molecule has 2 N–H and O–H groups in total. The van der Waals surface area contributed by atoms with Crippen molar-refractivity contribution in [2.24, 2.45) is 13.0 Å². The highest BCUT2D eigenvalue weighted by molar-refractivity contribution is 7.17. The maximum absolute atomic E-state index is 13.0. The minimum atomic E-state index is -0.202. The van der Waals surface area contributed by atoms with Crippen LogP contribution in [-0.2, 0) is 36.1 Å². The largest absolute Gasteiger partial charge is 0.466 e. The van der Waals surface area contributed by atoms with Crippen molar-refractivity contribution in [1.29, 1.82) is 0 Å². The Morgan fingerprint density at radius 2 is 2.05 bits per heavy atom. The molecule has 2 atom stereocenters. The van der Waals surface area contributed by atoms with Crippen molar-refractivity contribution in [2.75, 3.05) is 18.9 Å². The number of benzene rings is 2. The number of carbonyl (C=O) groups is 1. The maximum atomic E-state index is 13.0. The van der Waals surface area contributed by atoms with Crippen LogP contribution in [0.25, 0.3) is 21.1 Å². The van der Waals surface area contributed by atoms with E-state index in [2.05, 4.69) is 70.8 Å². The molecule has 42 heavy (non-hydrogen) atoms. The molecule has 1 aliphatic heterocycles. The Labute approximate surface area is 250 Å². The molecule has 0 bridgehead atoms. The van der Waals surface area contributed by atoms with E-state index in [1.807, 2.05) is 20.0 Å². The van der Waals surface area contributed by atoms with E-state index in [1.54, 1.807) is 16.0 Å². The standard InChI is InChI=1S/C33H38N6O2S/c1-5-21-13-22-7-10-30(34)35-28(22)19-39(17-21)18-25-15-24(14-23-11-12-42-33(23)25)27(16-31(40)41-6-2)26-8-9-29-32(20(26)3)36-37-38(29)4/h7-12,14-15,21,27H,5-6,13,16-19H2,1-4H3,(H2,34,35)/t21-,27+/m0/s1. The first-order valence-corrected chi connectivity index (χ1v) is 15.6. The van der Waals surface area contributed by atoms with Gasteiger partial charge in [-0.15, -0.1) is 16.4 Å². The number of fused-ring (bicyclic) bond motifs is 3. The van der Waals surface area contributed by atoms with Crippen molar-refractivity contribution in [3.8, 4) is 0 Å². The highest BCUT2D eigenvalue weighted by Crippen LogP contribution is 2.38. The number of esters is 1. The fourth-order valence-corrected chi connectivity index (χ4v) is 7.33. The molecular weight excluding hydrogens is 544 g/mol. The van der Waals surface area contributed by atoms with E-state index >= 15 is 0 Å². The van der Waals surface area contributed by atoms with Crippen molar-refractivity contribution in [3.63, 3.8) is 0 Å². The summed E-state index contributed by atoms with van der Waals surface area (Å²) in [4.78, 5) is 20.2. The third-order valence-corrected chi connectivity index (χ3v) is 9.65. The number of aromatic nitrogens is 4. The number of pyridine rings is 1. The molecule has 0 radical (unpaired) electrons. The molecule has 0 spiro atoms. The number of rotatable bonds is 8. The number of carbonyl (C=O) groups excluding carboxylic acids is 1. The van der Waals surface area contributed by atoms with Crippen LogP contribution in [0, 0.1) is 12.8 Å². The fourth-order valence-electron chi connectivity index (χ4n) is 6.44. The summed E-state index contributed by atoms with van der Waals surface area (Å²) in [5, 5.41) is 12.0. The van der Waals surface area contributed by atoms with Gasteiger partial charge in [-0.2, -0.15) is 0 Å². The lowest BCUT2D eigenvalue weighted by molar-refractivity contribution is -0.143. The van der Waals surface area contributed by atoms with Gasteiger partial charge in [0.1, 0.15) is 11.3 Å². The summed E-state index contributed by atoms with van der Waals surface area (Å²) in [5.74, 6) is 0.750. The second-order valence-corrected chi connectivity index (χ2v) is 12.3. The number of hydrogen-bond acceptors (Lipinski definition) is 8. The van der Waals surface area contributed by atoms with Gasteiger partial charge in [0.25, 0.3) is 0 Å². The number of ether oxygens (including phenoxy) is 1. The lowest BCUT2D eigenvalue weighted by Gasteiger charge is -2.25. The van der Waals surface area contributed by atoms with E-state index in [0.29, 0.717) is 18.3 Å². The predicted octanol–water partition coefficient (Wildman–Crippen LogP) is 6.14. The van der Waals surface area contributed by atoms with Crippen molar-refractivity contribution in [2.45, 2.75) is 59.0 Å². The zero-order valence-electron chi connectivity index (χ0n) is 24.8. The Balaban J connectivity index is 1.42. The van der Waals surface area contributed by atoms with Gasteiger partial charge in [0.15, 0.2) is 0 Å². The number of nitrogen functional groups attached to an aromatic ring is 1. The molecule has 0 fully saturated rings. The smallest absolute Gasteiger partial charge is 0.306 e. The third kappa shape index (κ3) is 5.51. The highest BCUT2D eigenvalue weighted by Gasteiger charge is 2.26. The Morgan fingerprint density at radius 1 is 1.19 bits per heavy atom. The zero-order chi connectivity index (χ0) is 29.4. The molecule has 0 saturated heterocycles. The minimum Gasteiger partial charge on any atom is -0.466 e. The highest BCUT2D eigenvalue weighted by atomic mass is 32.1. The first-order chi connectivity index (χ1) is 20.3. The minimum absolute atomic E-state index is 0.173. The van der Waals surface area contributed by atoms with Gasteiger partial charge in [0.05, 0.1) is 24.2 Å². The molecular formula is C33H38N6O2S. The van der Waals surface area contributed by atoms with E-state index in [4.69, 9.17) is 15.5 Å². The predicted molar refractivity (Wildman–Crippen MR) is 168 cm³/mol. The summed E-state index contributed by atoms with van der Waals surface area (Å²) in [6.07, 6.45) is 2.39. The number of anilines is 1. The summed E-state index contributed by atoms with van der Waals surface area (Å²) >= 11 is 1.77. The number of hydrogen-bond donors (Lipinski definition) is 1. The second kappa shape index (κ2) is 11.8. The van der Waals surface area contributed by atoms with Crippen molar-refractivity contribution in [3.05, 3.63) is 81.4 Å². The summed E-state index contributed by atoms with van der Waals surface area (Å²) in [6.45, 7) is 9.12. The summed E-state index contributed by atoms with van der Waals surface area (Å²) in [5.41, 5.74) is 14.8. The van der Waals surface area contributed by atoms with Gasteiger partial charge in [-0.05, 0) is 89.0 Å².